The number of benzene rings is 1. The molecule has 2 rings (SSSR count). The third-order valence-corrected chi connectivity index (χ3v) is 3.19. The van der Waals surface area contributed by atoms with E-state index in [9.17, 15) is 22.4 Å². The first-order valence-electron chi connectivity index (χ1n) is 5.75. The van der Waals surface area contributed by atoms with E-state index < -0.39 is 18.1 Å². The Balaban J connectivity index is 2.32. The van der Waals surface area contributed by atoms with Crippen LogP contribution in [0.5, 0.6) is 0 Å². The lowest BCUT2D eigenvalue weighted by Gasteiger charge is -2.18. The summed E-state index contributed by atoms with van der Waals surface area (Å²) in [5.41, 5.74) is 1.50. The maximum Gasteiger partial charge on any atom is 0.368 e. The molecule has 0 bridgehead atoms. The zero-order valence-electron chi connectivity index (χ0n) is 9.56. The second kappa shape index (κ2) is 4.71. The number of halogens is 4. The van der Waals surface area contributed by atoms with Crippen LogP contribution < -0.4 is 0 Å². The fraction of sp³-hybridized carbons (Fsp3) is 0.462. The Morgan fingerprint density at radius 1 is 1.11 bits per heavy atom. The molecular weight excluding hydrogens is 248 g/mol. The lowest BCUT2D eigenvalue weighted by molar-refractivity contribution is -0.0958. The number of rotatable bonds is 3. The second-order valence-electron chi connectivity index (χ2n) is 4.44. The summed E-state index contributed by atoms with van der Waals surface area (Å²) in [5.74, 6) is -6.41. The first-order chi connectivity index (χ1) is 8.43. The van der Waals surface area contributed by atoms with Crippen molar-refractivity contribution >= 4 is 5.78 Å². The van der Waals surface area contributed by atoms with Crippen molar-refractivity contribution in [2.24, 2.45) is 0 Å². The minimum Gasteiger partial charge on any atom is -0.287 e. The van der Waals surface area contributed by atoms with Gasteiger partial charge in [0, 0.05) is 5.56 Å². The average molecular weight is 260 g/mol. The number of alkyl halides is 4. The molecule has 0 radical (unpaired) electrons. The van der Waals surface area contributed by atoms with Gasteiger partial charge in [0.25, 0.3) is 0 Å². The van der Waals surface area contributed by atoms with E-state index in [-0.39, 0.29) is 5.56 Å². The monoisotopic (exact) mass is 260 g/mol. The van der Waals surface area contributed by atoms with Crippen molar-refractivity contribution in [1.82, 2.24) is 0 Å². The largest absolute Gasteiger partial charge is 0.368 e. The van der Waals surface area contributed by atoms with Crippen LogP contribution in [0.25, 0.3) is 0 Å². The van der Waals surface area contributed by atoms with E-state index >= 15 is 0 Å². The molecule has 1 aliphatic carbocycles. The lowest BCUT2D eigenvalue weighted by Crippen LogP contribution is -2.36. The van der Waals surface area contributed by atoms with Gasteiger partial charge in [0.05, 0.1) is 0 Å². The van der Waals surface area contributed by atoms with Crippen LogP contribution in [-0.4, -0.2) is 18.1 Å². The molecule has 0 N–H and O–H groups in total. The zero-order chi connectivity index (χ0) is 13.3. The highest BCUT2D eigenvalue weighted by Crippen LogP contribution is 2.29. The van der Waals surface area contributed by atoms with Gasteiger partial charge in [-0.25, -0.2) is 8.78 Å². The van der Waals surface area contributed by atoms with Crippen LogP contribution in [-0.2, 0) is 12.8 Å². The number of hydrogen-bond acceptors (Lipinski definition) is 1. The molecule has 0 saturated heterocycles. The second-order valence-corrected chi connectivity index (χ2v) is 4.44. The van der Waals surface area contributed by atoms with Gasteiger partial charge < -0.3 is 0 Å². The lowest BCUT2D eigenvalue weighted by atomic mass is 9.89. The summed E-state index contributed by atoms with van der Waals surface area (Å²) < 4.78 is 50.2. The van der Waals surface area contributed by atoms with Crippen molar-refractivity contribution in [3.63, 3.8) is 0 Å². The van der Waals surface area contributed by atoms with E-state index in [1.54, 1.807) is 6.07 Å². The molecule has 1 aromatic carbocycles. The highest BCUT2D eigenvalue weighted by Gasteiger charge is 2.49. The molecule has 0 atom stereocenters. The van der Waals surface area contributed by atoms with Gasteiger partial charge in [0.15, 0.2) is 0 Å². The Kier molecular flexibility index (Phi) is 3.41. The Hall–Kier alpha value is -1.39. The maximum absolute atomic E-state index is 13.0. The molecule has 0 aromatic heterocycles. The molecule has 0 amide bonds. The van der Waals surface area contributed by atoms with Gasteiger partial charge >= 0.3 is 12.3 Å². The van der Waals surface area contributed by atoms with Crippen LogP contribution in [0.3, 0.4) is 0 Å². The number of aryl methyl sites for hydroxylation is 2. The molecule has 5 heteroatoms. The molecular formula is C13H12F4O. The predicted octanol–water partition coefficient (Wildman–Crippen LogP) is 3.65. The highest BCUT2D eigenvalue weighted by molar-refractivity contribution is 6.01. The van der Waals surface area contributed by atoms with Gasteiger partial charge in [-0.15, -0.1) is 0 Å². The summed E-state index contributed by atoms with van der Waals surface area (Å²) in [6, 6.07) is 4.12. The third-order valence-electron chi connectivity index (χ3n) is 3.19. The number of carbonyl (C=O) groups is 1. The van der Waals surface area contributed by atoms with Crippen molar-refractivity contribution in [1.29, 1.82) is 0 Å². The van der Waals surface area contributed by atoms with E-state index in [1.807, 2.05) is 0 Å². The molecule has 0 fully saturated rings. The van der Waals surface area contributed by atoms with Gasteiger partial charge in [-0.05, 0) is 42.9 Å². The van der Waals surface area contributed by atoms with Crippen LogP contribution >= 0.6 is 0 Å². The molecule has 1 nitrogen and oxygen atoms in total. The minimum absolute atomic E-state index is 0.332. The molecule has 0 saturated carbocycles. The number of hydrogen-bond donors (Lipinski definition) is 0. The SMILES string of the molecule is O=C(c1ccc2c(c1)CCCC2)C(F)(F)C(F)F. The molecule has 1 aromatic rings. The number of carbonyl (C=O) groups excluding carboxylic acids is 1. The molecule has 0 heterocycles. The van der Waals surface area contributed by atoms with Gasteiger partial charge in [-0.1, -0.05) is 12.1 Å². The van der Waals surface area contributed by atoms with Crippen LogP contribution in [0.2, 0.25) is 0 Å². The Morgan fingerprint density at radius 2 is 1.72 bits per heavy atom. The van der Waals surface area contributed by atoms with Crippen molar-refractivity contribution in [2.75, 3.05) is 0 Å². The smallest absolute Gasteiger partial charge is 0.287 e. The van der Waals surface area contributed by atoms with E-state index in [4.69, 9.17) is 0 Å². The summed E-state index contributed by atoms with van der Waals surface area (Å²) in [5, 5.41) is 0. The van der Waals surface area contributed by atoms with Crippen molar-refractivity contribution in [2.45, 2.75) is 38.0 Å². The minimum atomic E-state index is -4.61. The van der Waals surface area contributed by atoms with E-state index in [0.29, 0.717) is 6.42 Å². The quantitative estimate of drug-likeness (QED) is 0.599. The van der Waals surface area contributed by atoms with Crippen LogP contribution in [0, 0.1) is 0 Å². The maximum atomic E-state index is 13.0. The Bertz CT molecular complexity index is 468. The first kappa shape index (κ1) is 13.1. The van der Waals surface area contributed by atoms with Crippen molar-refractivity contribution < 1.29 is 22.4 Å². The van der Waals surface area contributed by atoms with Gasteiger partial charge in [-0.3, -0.25) is 4.79 Å². The average Bonchev–Trinajstić information content (AvgIpc) is 2.37. The highest BCUT2D eigenvalue weighted by atomic mass is 19.3. The molecule has 98 valence electrons. The first-order valence-corrected chi connectivity index (χ1v) is 5.75. The number of ketones is 1. The standard InChI is InChI=1S/C13H12F4O/c14-12(15)13(16,17)11(18)10-6-5-8-3-1-2-4-9(8)7-10/h5-7,12H,1-4H2. The number of fused-ring (bicyclic) bond motifs is 1. The van der Waals surface area contributed by atoms with E-state index in [2.05, 4.69) is 0 Å². The predicted molar refractivity (Wildman–Crippen MR) is 58.4 cm³/mol. The summed E-state index contributed by atoms with van der Waals surface area (Å²) in [4.78, 5) is 11.4. The van der Waals surface area contributed by atoms with Crippen LogP contribution in [0.4, 0.5) is 17.6 Å². The number of Topliss-reactive ketones (excluding diaryl/α,β-unsaturated/α-hetero) is 1. The zero-order valence-corrected chi connectivity index (χ0v) is 9.56. The van der Waals surface area contributed by atoms with Crippen molar-refractivity contribution in [3.05, 3.63) is 34.9 Å². The van der Waals surface area contributed by atoms with Crippen LogP contribution in [0.15, 0.2) is 18.2 Å². The summed E-state index contributed by atoms with van der Waals surface area (Å²) in [6.07, 6.45) is -0.476. The topological polar surface area (TPSA) is 17.1 Å². The van der Waals surface area contributed by atoms with E-state index in [1.165, 1.54) is 12.1 Å². The third kappa shape index (κ3) is 2.26. The summed E-state index contributed by atoms with van der Waals surface area (Å²) in [7, 11) is 0. The molecule has 18 heavy (non-hydrogen) atoms. The fourth-order valence-corrected chi connectivity index (χ4v) is 2.17. The van der Waals surface area contributed by atoms with Gasteiger partial charge in [-0.2, -0.15) is 8.78 Å². The molecule has 0 aliphatic heterocycles. The molecule has 0 unspecified atom stereocenters. The fourth-order valence-electron chi connectivity index (χ4n) is 2.17. The van der Waals surface area contributed by atoms with Gasteiger partial charge in [0.1, 0.15) is 0 Å². The molecule has 1 aliphatic rings. The normalized spacial score (nSPS) is 15.6. The Labute approximate surface area is 102 Å². The van der Waals surface area contributed by atoms with Crippen LogP contribution in [0.1, 0.15) is 34.3 Å². The Morgan fingerprint density at radius 3 is 2.33 bits per heavy atom. The van der Waals surface area contributed by atoms with Crippen molar-refractivity contribution in [3.8, 4) is 0 Å². The molecule has 0 spiro atoms. The van der Waals surface area contributed by atoms with E-state index in [0.717, 1.165) is 30.4 Å². The summed E-state index contributed by atoms with van der Waals surface area (Å²) in [6.45, 7) is 0. The summed E-state index contributed by atoms with van der Waals surface area (Å²) >= 11 is 0. The van der Waals surface area contributed by atoms with Gasteiger partial charge in [0.2, 0.25) is 5.78 Å².